The summed E-state index contributed by atoms with van der Waals surface area (Å²) in [6.45, 7) is -4.63. The fourth-order valence-corrected chi connectivity index (χ4v) is 1.27. The second kappa shape index (κ2) is 2.45. The third-order valence-corrected chi connectivity index (χ3v) is 1.81. The summed E-state index contributed by atoms with van der Waals surface area (Å²) in [6.07, 6.45) is -0.470. The van der Waals surface area contributed by atoms with E-state index in [2.05, 4.69) is 0 Å². The first-order chi connectivity index (χ1) is 4.47. The zero-order valence-electron chi connectivity index (χ0n) is 5.43. The molecule has 0 aromatic rings. The molecule has 1 saturated carbocycles. The Morgan fingerprint density at radius 1 is 1.30 bits per heavy atom. The van der Waals surface area contributed by atoms with Crippen molar-refractivity contribution in [1.82, 2.24) is 0 Å². The summed E-state index contributed by atoms with van der Waals surface area (Å²) in [6, 6.07) is 0. The van der Waals surface area contributed by atoms with Crippen molar-refractivity contribution in [3.8, 4) is 0 Å². The van der Waals surface area contributed by atoms with Crippen molar-refractivity contribution in [1.29, 1.82) is 0 Å². The molecular weight excluding hydrogens is 144 g/mol. The molecule has 0 unspecified atom stereocenters. The summed E-state index contributed by atoms with van der Waals surface area (Å²) in [5.74, 6) is -0.296. The quantitative estimate of drug-likeness (QED) is 0.597. The van der Waals surface area contributed by atoms with Crippen molar-refractivity contribution in [3.63, 3.8) is 0 Å². The highest BCUT2D eigenvalue weighted by atomic mass is 19.4. The van der Waals surface area contributed by atoms with Gasteiger partial charge in [0.25, 0.3) is 0 Å². The van der Waals surface area contributed by atoms with Crippen molar-refractivity contribution in [2.75, 3.05) is 0 Å². The van der Waals surface area contributed by atoms with Crippen LogP contribution >= 0.6 is 0 Å². The second-order valence-corrected chi connectivity index (χ2v) is 2.94. The zero-order chi connectivity index (χ0) is 7.78. The molecule has 0 atom stereocenters. The molecule has 60 valence electrons. The van der Waals surface area contributed by atoms with Gasteiger partial charge < -0.3 is 18.1 Å². The van der Waals surface area contributed by atoms with Gasteiger partial charge in [0.1, 0.15) is 0 Å². The van der Waals surface area contributed by atoms with Crippen LogP contribution < -0.4 is 0 Å². The summed E-state index contributed by atoms with van der Waals surface area (Å²) >= 11 is 0. The Balaban J connectivity index is 2.16. The smallest absolute Gasteiger partial charge is 0.449 e. The van der Waals surface area contributed by atoms with E-state index < -0.39 is 19.4 Å². The van der Waals surface area contributed by atoms with Gasteiger partial charge in [-0.1, -0.05) is 12.2 Å². The van der Waals surface area contributed by atoms with Gasteiger partial charge >= 0.3 is 6.98 Å². The van der Waals surface area contributed by atoms with Crippen molar-refractivity contribution < 1.29 is 18.1 Å². The highest BCUT2D eigenvalue weighted by Crippen LogP contribution is 2.35. The molecule has 0 radical (unpaired) electrons. The first-order valence-corrected chi connectivity index (χ1v) is 3.36. The minimum Gasteiger partial charge on any atom is -0.449 e. The molecule has 0 spiro atoms. The normalized spacial score (nSPS) is 33.6. The molecule has 1 fully saturated rings. The first-order valence-electron chi connectivity index (χ1n) is 3.36. The largest absolute Gasteiger partial charge is 0.478 e. The molecule has 10 heavy (non-hydrogen) atoms. The Kier molecular flexibility index (Phi) is 1.94. The summed E-state index contributed by atoms with van der Waals surface area (Å²) in [5.41, 5.74) is 0. The highest BCUT2D eigenvalue weighted by molar-refractivity contribution is 6.58. The molecule has 0 heterocycles. The number of hydrogen-bond donors (Lipinski definition) is 1. The minimum atomic E-state index is -4.63. The number of rotatable bonds is 2. The lowest BCUT2D eigenvalue weighted by atomic mass is 9.68. The summed E-state index contributed by atoms with van der Waals surface area (Å²) in [4.78, 5) is 0. The zero-order valence-corrected chi connectivity index (χ0v) is 5.43. The SMILES string of the molecule is OC1CC(C[B-](F)(F)F)C1. The number of aliphatic hydroxyl groups is 1. The van der Waals surface area contributed by atoms with Crippen molar-refractivity contribution >= 4 is 6.98 Å². The van der Waals surface area contributed by atoms with Crippen molar-refractivity contribution in [2.24, 2.45) is 5.92 Å². The van der Waals surface area contributed by atoms with Gasteiger partial charge in [-0.25, -0.2) is 0 Å². The maximum absolute atomic E-state index is 11.6. The van der Waals surface area contributed by atoms with E-state index in [9.17, 15) is 12.9 Å². The van der Waals surface area contributed by atoms with Gasteiger partial charge in [-0.15, -0.1) is 0 Å². The van der Waals surface area contributed by atoms with Crippen LogP contribution in [0.3, 0.4) is 0 Å². The maximum atomic E-state index is 11.6. The van der Waals surface area contributed by atoms with E-state index >= 15 is 0 Å². The van der Waals surface area contributed by atoms with Crippen LogP contribution in [0.5, 0.6) is 0 Å². The first kappa shape index (κ1) is 7.92. The van der Waals surface area contributed by atoms with Gasteiger partial charge in [-0.3, -0.25) is 0 Å². The molecule has 5 heteroatoms. The maximum Gasteiger partial charge on any atom is 0.478 e. The number of aliphatic hydroxyl groups excluding tert-OH is 1. The van der Waals surface area contributed by atoms with Crippen molar-refractivity contribution in [2.45, 2.75) is 25.3 Å². The van der Waals surface area contributed by atoms with Crippen LogP contribution in [0.25, 0.3) is 0 Å². The molecule has 0 bridgehead atoms. The molecule has 1 nitrogen and oxygen atoms in total. The van der Waals surface area contributed by atoms with Crippen LogP contribution in [0.2, 0.25) is 6.32 Å². The lowest BCUT2D eigenvalue weighted by molar-refractivity contribution is 0.0481. The molecule has 0 saturated heterocycles. The summed E-state index contributed by atoms with van der Waals surface area (Å²) in [5, 5.41) is 8.65. The lowest BCUT2D eigenvalue weighted by Crippen LogP contribution is -2.33. The monoisotopic (exact) mass is 153 g/mol. The van der Waals surface area contributed by atoms with E-state index in [0.29, 0.717) is 12.8 Å². The third kappa shape index (κ3) is 2.21. The Bertz CT molecular complexity index is 119. The van der Waals surface area contributed by atoms with E-state index in [1.807, 2.05) is 0 Å². The second-order valence-electron chi connectivity index (χ2n) is 2.94. The highest BCUT2D eigenvalue weighted by Gasteiger charge is 2.34. The van der Waals surface area contributed by atoms with E-state index in [1.54, 1.807) is 0 Å². The van der Waals surface area contributed by atoms with Crippen LogP contribution in [0, 0.1) is 5.92 Å². The van der Waals surface area contributed by atoms with Crippen LogP contribution in [0.4, 0.5) is 12.9 Å². The molecule has 1 N–H and O–H groups in total. The fraction of sp³-hybridized carbons (Fsp3) is 1.00. The van der Waals surface area contributed by atoms with Gasteiger partial charge in [0.15, 0.2) is 0 Å². The van der Waals surface area contributed by atoms with Crippen LogP contribution in [-0.4, -0.2) is 18.2 Å². The van der Waals surface area contributed by atoms with Gasteiger partial charge in [0, 0.05) is 0 Å². The van der Waals surface area contributed by atoms with Crippen LogP contribution in [-0.2, 0) is 0 Å². The Morgan fingerprint density at radius 2 is 1.80 bits per heavy atom. The van der Waals surface area contributed by atoms with E-state index in [-0.39, 0.29) is 5.92 Å². The summed E-state index contributed by atoms with van der Waals surface area (Å²) < 4.78 is 34.9. The van der Waals surface area contributed by atoms with Gasteiger partial charge in [0.2, 0.25) is 0 Å². The molecule has 1 aliphatic rings. The predicted molar refractivity (Wildman–Crippen MR) is 32.6 cm³/mol. The molecule has 1 aliphatic carbocycles. The van der Waals surface area contributed by atoms with Gasteiger partial charge in [-0.05, 0) is 12.8 Å². The molecule has 0 aromatic heterocycles. The lowest BCUT2D eigenvalue weighted by Gasteiger charge is -2.34. The third-order valence-electron chi connectivity index (χ3n) is 1.81. The Hall–Kier alpha value is -0.185. The Labute approximate surface area is 57.3 Å². The van der Waals surface area contributed by atoms with Crippen LogP contribution in [0.1, 0.15) is 12.8 Å². The van der Waals surface area contributed by atoms with E-state index in [0.717, 1.165) is 0 Å². The average molecular weight is 153 g/mol. The Morgan fingerprint density at radius 3 is 2.10 bits per heavy atom. The van der Waals surface area contributed by atoms with Crippen LogP contribution in [0.15, 0.2) is 0 Å². The average Bonchev–Trinajstić information content (AvgIpc) is 1.57. The number of halogens is 3. The fourth-order valence-electron chi connectivity index (χ4n) is 1.27. The van der Waals surface area contributed by atoms with E-state index in [1.165, 1.54) is 0 Å². The van der Waals surface area contributed by atoms with Gasteiger partial charge in [-0.2, -0.15) is 0 Å². The molecule has 0 aromatic carbocycles. The molecule has 0 aliphatic heterocycles. The topological polar surface area (TPSA) is 20.2 Å². The standard InChI is InChI=1S/C5H9BF3O/c7-6(8,9)3-4-1-5(10)2-4/h4-5,10H,1-3H2/q-1. The summed E-state index contributed by atoms with van der Waals surface area (Å²) in [7, 11) is 0. The molecular formula is C5H9BF3O-. The van der Waals surface area contributed by atoms with Gasteiger partial charge in [0.05, 0.1) is 6.10 Å². The minimum absolute atomic E-state index is 0.296. The molecule has 1 rings (SSSR count). The molecule has 0 amide bonds. The van der Waals surface area contributed by atoms with E-state index in [4.69, 9.17) is 5.11 Å². The van der Waals surface area contributed by atoms with Crippen molar-refractivity contribution in [3.05, 3.63) is 0 Å². The predicted octanol–water partition coefficient (Wildman–Crippen LogP) is 1.60. The number of hydrogen-bond acceptors (Lipinski definition) is 1.